The predicted molar refractivity (Wildman–Crippen MR) is 105 cm³/mol. The van der Waals surface area contributed by atoms with E-state index < -0.39 is 0 Å². The number of nitrogens with one attached hydrogen (secondary N) is 1. The number of nitrogens with zero attached hydrogens (tertiary/aromatic N) is 1. The van der Waals surface area contributed by atoms with E-state index in [2.05, 4.69) is 16.8 Å². The number of rotatable bonds is 4. The minimum absolute atomic E-state index is 0.0715. The standard InChI is InChI=1S/C21H22N2O2S/c1-25-20-13-18-5-3-2-4-17(18)12-19(20)21(24)23-9-7-22(8-10-23)14-16-6-11-26-15-16/h2-6,11-13,15H,7-10,14H2,1H3/p+1. The molecule has 1 fully saturated rings. The van der Waals surface area contributed by atoms with E-state index in [-0.39, 0.29) is 5.91 Å². The predicted octanol–water partition coefficient (Wildman–Crippen LogP) is 2.45. The minimum Gasteiger partial charge on any atom is -0.496 e. The molecule has 0 atom stereocenters. The van der Waals surface area contributed by atoms with Crippen LogP contribution in [0.25, 0.3) is 10.8 Å². The SMILES string of the molecule is COc1cc2ccccc2cc1C(=O)N1CC[NH+](Cc2ccsc2)CC1. The molecule has 5 heteroatoms. The molecule has 2 aromatic carbocycles. The molecule has 1 aromatic heterocycles. The van der Waals surface area contributed by atoms with E-state index in [4.69, 9.17) is 4.74 Å². The summed E-state index contributed by atoms with van der Waals surface area (Å²) in [6.07, 6.45) is 0. The van der Waals surface area contributed by atoms with Crippen LogP contribution < -0.4 is 9.64 Å². The number of quaternary nitrogens is 1. The van der Waals surface area contributed by atoms with Gasteiger partial charge in [-0.1, -0.05) is 24.3 Å². The van der Waals surface area contributed by atoms with Crippen LogP contribution >= 0.6 is 11.3 Å². The molecule has 3 aromatic rings. The van der Waals surface area contributed by atoms with Gasteiger partial charge in [-0.05, 0) is 39.7 Å². The van der Waals surface area contributed by atoms with Gasteiger partial charge in [0.1, 0.15) is 12.3 Å². The fourth-order valence-corrected chi connectivity index (χ4v) is 4.28. The van der Waals surface area contributed by atoms with Crippen LogP contribution in [0.5, 0.6) is 5.75 Å². The van der Waals surface area contributed by atoms with Crippen molar-refractivity contribution in [1.82, 2.24) is 4.90 Å². The van der Waals surface area contributed by atoms with Crippen molar-refractivity contribution in [3.05, 3.63) is 64.4 Å². The van der Waals surface area contributed by atoms with Crippen LogP contribution in [0.1, 0.15) is 15.9 Å². The molecule has 26 heavy (non-hydrogen) atoms. The lowest BCUT2D eigenvalue weighted by atomic mass is 10.0. The second-order valence-electron chi connectivity index (χ2n) is 6.75. The van der Waals surface area contributed by atoms with Crippen molar-refractivity contribution in [2.45, 2.75) is 6.54 Å². The van der Waals surface area contributed by atoms with Gasteiger partial charge in [0.05, 0.1) is 38.9 Å². The van der Waals surface area contributed by atoms with Gasteiger partial charge in [0.15, 0.2) is 0 Å². The molecular formula is C21H23N2O2S+. The summed E-state index contributed by atoms with van der Waals surface area (Å²) in [5.41, 5.74) is 2.05. The second-order valence-corrected chi connectivity index (χ2v) is 7.53. The van der Waals surface area contributed by atoms with E-state index in [9.17, 15) is 4.79 Å². The zero-order valence-electron chi connectivity index (χ0n) is 14.9. The first kappa shape index (κ1) is 17.1. The van der Waals surface area contributed by atoms with Crippen molar-refractivity contribution >= 4 is 28.0 Å². The van der Waals surface area contributed by atoms with Crippen LogP contribution in [-0.2, 0) is 6.54 Å². The summed E-state index contributed by atoms with van der Waals surface area (Å²) in [4.78, 5) is 16.6. The van der Waals surface area contributed by atoms with Gasteiger partial charge in [0.25, 0.3) is 5.91 Å². The van der Waals surface area contributed by atoms with Crippen LogP contribution in [0, 0.1) is 0 Å². The Hall–Kier alpha value is -2.37. The summed E-state index contributed by atoms with van der Waals surface area (Å²) in [5.74, 6) is 0.726. The van der Waals surface area contributed by atoms with Crippen molar-refractivity contribution in [3.8, 4) is 5.75 Å². The minimum atomic E-state index is 0.0715. The van der Waals surface area contributed by atoms with Crippen LogP contribution in [-0.4, -0.2) is 44.1 Å². The molecule has 134 valence electrons. The number of thiophene rings is 1. The fraction of sp³-hybridized carbons (Fsp3) is 0.286. The topological polar surface area (TPSA) is 34.0 Å². The molecule has 0 unspecified atom stereocenters. The average molecular weight is 367 g/mol. The number of hydrogen-bond donors (Lipinski definition) is 1. The average Bonchev–Trinajstić information content (AvgIpc) is 3.20. The fourth-order valence-electron chi connectivity index (χ4n) is 3.61. The Morgan fingerprint density at radius 1 is 1.15 bits per heavy atom. The van der Waals surface area contributed by atoms with Crippen molar-refractivity contribution in [2.24, 2.45) is 0 Å². The van der Waals surface area contributed by atoms with Gasteiger partial charge in [0.2, 0.25) is 0 Å². The quantitative estimate of drug-likeness (QED) is 0.769. The molecule has 0 spiro atoms. The van der Waals surface area contributed by atoms with Gasteiger partial charge in [0, 0.05) is 5.56 Å². The summed E-state index contributed by atoms with van der Waals surface area (Å²) < 4.78 is 5.51. The normalized spacial score (nSPS) is 15.3. The molecule has 4 nitrogen and oxygen atoms in total. The summed E-state index contributed by atoms with van der Waals surface area (Å²) in [6.45, 7) is 4.59. The maximum absolute atomic E-state index is 13.1. The number of fused-ring (bicyclic) bond motifs is 1. The van der Waals surface area contributed by atoms with Crippen molar-refractivity contribution < 1.29 is 14.4 Å². The van der Waals surface area contributed by atoms with E-state index in [1.165, 1.54) is 10.5 Å². The second kappa shape index (κ2) is 7.48. The number of piperazine rings is 1. The van der Waals surface area contributed by atoms with E-state index in [0.717, 1.165) is 43.5 Å². The monoisotopic (exact) mass is 367 g/mol. The summed E-state index contributed by atoms with van der Waals surface area (Å²) in [5, 5.41) is 6.50. The molecule has 1 aliphatic rings. The highest BCUT2D eigenvalue weighted by Gasteiger charge is 2.26. The molecule has 0 aliphatic carbocycles. The lowest BCUT2D eigenvalue weighted by molar-refractivity contribution is -0.917. The summed E-state index contributed by atoms with van der Waals surface area (Å²) in [6, 6.07) is 14.2. The van der Waals surface area contributed by atoms with Gasteiger partial charge in [-0.15, -0.1) is 0 Å². The third kappa shape index (κ3) is 3.45. The van der Waals surface area contributed by atoms with Crippen LogP contribution in [0.4, 0.5) is 0 Å². The van der Waals surface area contributed by atoms with E-state index in [1.54, 1.807) is 18.4 Å². The zero-order valence-corrected chi connectivity index (χ0v) is 15.7. The van der Waals surface area contributed by atoms with Crippen molar-refractivity contribution in [1.29, 1.82) is 0 Å². The largest absolute Gasteiger partial charge is 0.496 e. The van der Waals surface area contributed by atoms with Gasteiger partial charge >= 0.3 is 0 Å². The number of methoxy groups -OCH3 is 1. The lowest BCUT2D eigenvalue weighted by Crippen LogP contribution is -3.13. The molecular weight excluding hydrogens is 344 g/mol. The first-order chi connectivity index (χ1) is 12.7. The maximum atomic E-state index is 13.1. The Morgan fingerprint density at radius 3 is 2.54 bits per heavy atom. The Bertz CT molecular complexity index is 900. The molecule has 1 N–H and O–H groups in total. The van der Waals surface area contributed by atoms with Crippen LogP contribution in [0.2, 0.25) is 0 Å². The Morgan fingerprint density at radius 2 is 1.88 bits per heavy atom. The van der Waals surface area contributed by atoms with Gasteiger partial charge < -0.3 is 14.5 Å². The number of carbonyl (C=O) groups is 1. The third-order valence-electron chi connectivity index (χ3n) is 5.09. The molecule has 1 saturated heterocycles. The summed E-state index contributed by atoms with van der Waals surface area (Å²) in [7, 11) is 1.63. The summed E-state index contributed by atoms with van der Waals surface area (Å²) >= 11 is 1.74. The van der Waals surface area contributed by atoms with E-state index >= 15 is 0 Å². The highest BCUT2D eigenvalue weighted by atomic mass is 32.1. The van der Waals surface area contributed by atoms with Gasteiger partial charge in [-0.25, -0.2) is 0 Å². The van der Waals surface area contributed by atoms with Gasteiger partial charge in [-0.3, -0.25) is 4.79 Å². The smallest absolute Gasteiger partial charge is 0.258 e. The number of hydrogen-bond acceptors (Lipinski definition) is 3. The molecule has 0 bridgehead atoms. The number of carbonyl (C=O) groups excluding carboxylic acids is 1. The first-order valence-electron chi connectivity index (χ1n) is 8.95. The highest BCUT2D eigenvalue weighted by Crippen LogP contribution is 2.27. The first-order valence-corrected chi connectivity index (χ1v) is 9.89. The molecule has 2 heterocycles. The van der Waals surface area contributed by atoms with E-state index in [1.807, 2.05) is 41.3 Å². The zero-order chi connectivity index (χ0) is 17.9. The molecule has 4 rings (SSSR count). The van der Waals surface area contributed by atoms with E-state index in [0.29, 0.717) is 11.3 Å². The van der Waals surface area contributed by atoms with Crippen molar-refractivity contribution in [3.63, 3.8) is 0 Å². The lowest BCUT2D eigenvalue weighted by Gasteiger charge is -2.32. The van der Waals surface area contributed by atoms with Crippen LogP contribution in [0.15, 0.2) is 53.2 Å². The number of benzene rings is 2. The number of ether oxygens (including phenoxy) is 1. The number of amides is 1. The Kier molecular flexibility index (Phi) is 4.91. The van der Waals surface area contributed by atoms with Crippen LogP contribution in [0.3, 0.4) is 0 Å². The molecule has 0 radical (unpaired) electrons. The highest BCUT2D eigenvalue weighted by molar-refractivity contribution is 7.07. The molecule has 1 amide bonds. The third-order valence-corrected chi connectivity index (χ3v) is 5.82. The molecule has 1 aliphatic heterocycles. The Balaban J connectivity index is 1.49. The Labute approximate surface area is 157 Å². The van der Waals surface area contributed by atoms with Gasteiger partial charge in [-0.2, -0.15) is 11.3 Å². The molecule has 0 saturated carbocycles. The van der Waals surface area contributed by atoms with Crippen molar-refractivity contribution in [2.75, 3.05) is 33.3 Å². The maximum Gasteiger partial charge on any atom is 0.258 e.